The van der Waals surface area contributed by atoms with Crippen molar-refractivity contribution in [2.75, 3.05) is 5.73 Å². The Hall–Kier alpha value is -1.97. The van der Waals surface area contributed by atoms with Crippen LogP contribution in [-0.2, 0) is 0 Å². The average Bonchev–Trinajstić information content (AvgIpc) is 2.26. The molecule has 0 aliphatic rings. The second-order valence-electron chi connectivity index (χ2n) is 3.09. The van der Waals surface area contributed by atoms with Crippen molar-refractivity contribution in [1.82, 2.24) is 4.98 Å². The maximum Gasteiger partial charge on any atom is 0.149 e. The fourth-order valence-corrected chi connectivity index (χ4v) is 1.30. The topological polar surface area (TPSA) is 38.9 Å². The van der Waals surface area contributed by atoms with E-state index in [4.69, 9.17) is 5.73 Å². The number of nitrogen functional groups attached to an aromatic ring is 1. The first-order valence-corrected chi connectivity index (χ1v) is 4.33. The average molecular weight is 206 g/mol. The first-order chi connectivity index (χ1) is 7.18. The molecular weight excluding hydrogens is 198 g/mol. The molecule has 0 amide bonds. The Balaban J connectivity index is 2.56. The summed E-state index contributed by atoms with van der Waals surface area (Å²) in [6, 6.07) is 5.75. The summed E-state index contributed by atoms with van der Waals surface area (Å²) in [6.45, 7) is 0. The Bertz CT molecular complexity index is 460. The Morgan fingerprint density at radius 2 is 1.47 bits per heavy atom. The second kappa shape index (κ2) is 3.65. The van der Waals surface area contributed by atoms with Gasteiger partial charge in [-0.1, -0.05) is 0 Å². The number of hydrogen-bond donors (Lipinski definition) is 1. The van der Waals surface area contributed by atoms with E-state index < -0.39 is 17.3 Å². The van der Waals surface area contributed by atoms with Gasteiger partial charge in [0.05, 0.1) is 0 Å². The van der Waals surface area contributed by atoms with Crippen molar-refractivity contribution in [3.05, 3.63) is 48.3 Å². The molecule has 0 bridgehead atoms. The highest BCUT2D eigenvalue weighted by Gasteiger charge is 2.08. The van der Waals surface area contributed by atoms with E-state index in [1.807, 2.05) is 0 Å². The third-order valence-electron chi connectivity index (χ3n) is 2.09. The molecule has 2 nitrogen and oxygen atoms in total. The lowest BCUT2D eigenvalue weighted by Crippen LogP contribution is -1.95. The molecule has 15 heavy (non-hydrogen) atoms. The molecule has 0 spiro atoms. The number of pyridine rings is 1. The molecular formula is C11H8F2N2. The zero-order valence-electron chi connectivity index (χ0n) is 7.74. The Kier molecular flexibility index (Phi) is 2.33. The minimum atomic E-state index is -0.748. The minimum Gasteiger partial charge on any atom is -0.394 e. The molecule has 2 aromatic rings. The first kappa shape index (κ1) is 9.58. The van der Waals surface area contributed by atoms with Gasteiger partial charge in [0.2, 0.25) is 0 Å². The highest BCUT2D eigenvalue weighted by Crippen LogP contribution is 2.24. The van der Waals surface area contributed by atoms with Crippen LogP contribution in [0.5, 0.6) is 0 Å². The van der Waals surface area contributed by atoms with E-state index in [0.29, 0.717) is 11.1 Å². The molecule has 0 aliphatic heterocycles. The molecule has 0 saturated heterocycles. The van der Waals surface area contributed by atoms with Crippen molar-refractivity contribution in [1.29, 1.82) is 0 Å². The molecule has 0 atom stereocenters. The monoisotopic (exact) mass is 206 g/mol. The third-order valence-corrected chi connectivity index (χ3v) is 2.09. The van der Waals surface area contributed by atoms with Gasteiger partial charge in [-0.25, -0.2) is 8.78 Å². The maximum atomic E-state index is 13.1. The Morgan fingerprint density at radius 1 is 0.933 bits per heavy atom. The Labute approximate surface area is 85.4 Å². The van der Waals surface area contributed by atoms with Gasteiger partial charge in [0.1, 0.15) is 17.3 Å². The van der Waals surface area contributed by atoms with Crippen LogP contribution in [0.2, 0.25) is 0 Å². The third kappa shape index (κ3) is 1.79. The van der Waals surface area contributed by atoms with Crippen LogP contribution < -0.4 is 5.73 Å². The molecule has 2 N–H and O–H groups in total. The second-order valence-corrected chi connectivity index (χ2v) is 3.09. The number of rotatable bonds is 1. The zero-order valence-corrected chi connectivity index (χ0v) is 7.74. The highest BCUT2D eigenvalue weighted by atomic mass is 19.1. The molecule has 4 heteroatoms. The van der Waals surface area contributed by atoms with Crippen LogP contribution in [0.3, 0.4) is 0 Å². The lowest BCUT2D eigenvalue weighted by atomic mass is 10.1. The van der Waals surface area contributed by atoms with Gasteiger partial charge >= 0.3 is 0 Å². The maximum absolute atomic E-state index is 13.1. The number of halogens is 2. The lowest BCUT2D eigenvalue weighted by molar-refractivity contribution is 0.592. The number of anilines is 1. The van der Waals surface area contributed by atoms with Gasteiger partial charge in [-0.2, -0.15) is 0 Å². The SMILES string of the molecule is Nc1c(F)cc(-c2ccncc2)cc1F. The molecule has 1 aromatic heterocycles. The van der Waals surface area contributed by atoms with Gasteiger partial charge in [0.25, 0.3) is 0 Å². The van der Waals surface area contributed by atoms with Gasteiger partial charge in [-0.05, 0) is 35.4 Å². The molecule has 1 aromatic carbocycles. The largest absolute Gasteiger partial charge is 0.394 e. The molecule has 0 aliphatic carbocycles. The van der Waals surface area contributed by atoms with E-state index in [-0.39, 0.29) is 0 Å². The summed E-state index contributed by atoms with van der Waals surface area (Å²) < 4.78 is 26.3. The molecule has 0 unspecified atom stereocenters. The molecule has 1 heterocycles. The quantitative estimate of drug-likeness (QED) is 0.728. The predicted octanol–water partition coefficient (Wildman–Crippen LogP) is 2.61. The standard InChI is InChI=1S/C11H8F2N2/c12-9-5-8(6-10(13)11(9)14)7-1-3-15-4-2-7/h1-6H,14H2. The molecule has 76 valence electrons. The number of nitrogens with two attached hydrogens (primary N) is 1. The van der Waals surface area contributed by atoms with E-state index in [1.54, 1.807) is 24.5 Å². The predicted molar refractivity (Wildman–Crippen MR) is 54.0 cm³/mol. The molecule has 0 saturated carbocycles. The summed E-state index contributed by atoms with van der Waals surface area (Å²) in [5.41, 5.74) is 5.86. The van der Waals surface area contributed by atoms with Gasteiger partial charge in [0, 0.05) is 12.4 Å². The summed E-state index contributed by atoms with van der Waals surface area (Å²) in [7, 11) is 0. The van der Waals surface area contributed by atoms with Crippen molar-refractivity contribution in [2.24, 2.45) is 0 Å². The van der Waals surface area contributed by atoms with Crippen LogP contribution in [0.25, 0.3) is 11.1 Å². The van der Waals surface area contributed by atoms with Crippen LogP contribution in [-0.4, -0.2) is 4.98 Å². The van der Waals surface area contributed by atoms with E-state index in [1.165, 1.54) is 12.1 Å². The van der Waals surface area contributed by atoms with Crippen molar-refractivity contribution < 1.29 is 8.78 Å². The number of hydrogen-bond acceptors (Lipinski definition) is 2. The van der Waals surface area contributed by atoms with Crippen molar-refractivity contribution in [2.45, 2.75) is 0 Å². The van der Waals surface area contributed by atoms with Crippen molar-refractivity contribution in [3.8, 4) is 11.1 Å². The van der Waals surface area contributed by atoms with E-state index in [9.17, 15) is 8.78 Å². The van der Waals surface area contributed by atoms with Crippen molar-refractivity contribution >= 4 is 5.69 Å². The summed E-state index contributed by atoms with van der Waals surface area (Å²) in [6.07, 6.45) is 3.11. The molecule has 2 rings (SSSR count). The van der Waals surface area contributed by atoms with Gasteiger partial charge < -0.3 is 5.73 Å². The molecule has 0 fully saturated rings. The summed E-state index contributed by atoms with van der Waals surface area (Å²) in [5.74, 6) is -1.50. The van der Waals surface area contributed by atoms with Crippen LogP contribution in [0, 0.1) is 11.6 Å². The van der Waals surface area contributed by atoms with Crippen LogP contribution in [0.15, 0.2) is 36.7 Å². The molecule has 0 radical (unpaired) electrons. The fourth-order valence-electron chi connectivity index (χ4n) is 1.30. The lowest BCUT2D eigenvalue weighted by Gasteiger charge is -2.04. The first-order valence-electron chi connectivity index (χ1n) is 4.33. The number of nitrogens with zero attached hydrogens (tertiary/aromatic N) is 1. The number of aromatic nitrogens is 1. The summed E-state index contributed by atoms with van der Waals surface area (Å²) in [5, 5.41) is 0. The van der Waals surface area contributed by atoms with Crippen LogP contribution in [0.1, 0.15) is 0 Å². The minimum absolute atomic E-state index is 0.446. The number of benzene rings is 1. The van der Waals surface area contributed by atoms with Gasteiger partial charge in [-0.3, -0.25) is 4.98 Å². The van der Waals surface area contributed by atoms with Crippen molar-refractivity contribution in [3.63, 3.8) is 0 Å². The Morgan fingerprint density at radius 3 is 2.00 bits per heavy atom. The van der Waals surface area contributed by atoms with Crippen LogP contribution in [0.4, 0.5) is 14.5 Å². The van der Waals surface area contributed by atoms with Crippen LogP contribution >= 0.6 is 0 Å². The van der Waals surface area contributed by atoms with E-state index >= 15 is 0 Å². The summed E-state index contributed by atoms with van der Waals surface area (Å²) >= 11 is 0. The van der Waals surface area contributed by atoms with E-state index in [0.717, 1.165) is 0 Å². The fraction of sp³-hybridized carbons (Fsp3) is 0. The smallest absolute Gasteiger partial charge is 0.149 e. The van der Waals surface area contributed by atoms with Gasteiger partial charge in [0.15, 0.2) is 0 Å². The summed E-state index contributed by atoms with van der Waals surface area (Å²) in [4.78, 5) is 3.82. The zero-order chi connectivity index (χ0) is 10.8. The van der Waals surface area contributed by atoms with E-state index in [2.05, 4.69) is 4.98 Å². The highest BCUT2D eigenvalue weighted by molar-refractivity contribution is 5.65. The normalized spacial score (nSPS) is 10.3. The van der Waals surface area contributed by atoms with Gasteiger partial charge in [-0.15, -0.1) is 0 Å².